The molecule has 106 valence electrons. The highest BCUT2D eigenvalue weighted by Crippen LogP contribution is 2.53. The second-order valence-corrected chi connectivity index (χ2v) is 6.01. The van der Waals surface area contributed by atoms with Gasteiger partial charge < -0.3 is 10.1 Å². The summed E-state index contributed by atoms with van der Waals surface area (Å²) in [4.78, 5) is 0. The number of nitrogens with one attached hydrogen (secondary N) is 2. The Hall–Kier alpha value is -0.870. The maximum Gasteiger partial charge on any atom is 0.0661 e. The third kappa shape index (κ3) is 2.43. The van der Waals surface area contributed by atoms with Gasteiger partial charge >= 0.3 is 0 Å². The van der Waals surface area contributed by atoms with Crippen molar-refractivity contribution in [2.45, 2.75) is 64.1 Å². The van der Waals surface area contributed by atoms with Gasteiger partial charge in [0.25, 0.3) is 0 Å². The molecule has 2 aliphatic carbocycles. The minimum Gasteiger partial charge on any atom is -0.378 e. The van der Waals surface area contributed by atoms with E-state index in [1.165, 1.54) is 44.1 Å². The van der Waals surface area contributed by atoms with Gasteiger partial charge in [0.05, 0.1) is 12.3 Å². The molecule has 2 fully saturated rings. The van der Waals surface area contributed by atoms with Gasteiger partial charge in [-0.15, -0.1) is 0 Å². The van der Waals surface area contributed by atoms with Gasteiger partial charge in [0.15, 0.2) is 0 Å². The first-order valence-electron chi connectivity index (χ1n) is 7.68. The molecule has 0 aliphatic heterocycles. The Morgan fingerprint density at radius 1 is 1.42 bits per heavy atom. The minimum atomic E-state index is 0.415. The smallest absolute Gasteiger partial charge is 0.0661 e. The van der Waals surface area contributed by atoms with Crippen molar-refractivity contribution < 1.29 is 4.74 Å². The summed E-state index contributed by atoms with van der Waals surface area (Å²) in [5, 5.41) is 10.6. The van der Waals surface area contributed by atoms with E-state index < -0.39 is 0 Å². The molecule has 0 amide bonds. The molecule has 4 nitrogen and oxygen atoms in total. The maximum absolute atomic E-state index is 5.98. The highest BCUT2D eigenvalue weighted by molar-refractivity contribution is 5.10. The molecule has 1 heterocycles. The van der Waals surface area contributed by atoms with E-state index in [-0.39, 0.29) is 0 Å². The van der Waals surface area contributed by atoms with Crippen molar-refractivity contribution in [3.63, 3.8) is 0 Å². The first-order valence-corrected chi connectivity index (χ1v) is 7.68. The standard InChI is InChI=1S/C15H25N3O/c1-2-19-14-8-13(15(14)6-4-3-5-7-15)16-9-12-10-17-18-11-12/h10-11,13-14,16H,2-9H2,1H3,(H,17,18). The Morgan fingerprint density at radius 2 is 2.26 bits per heavy atom. The zero-order chi connectivity index (χ0) is 13.1. The summed E-state index contributed by atoms with van der Waals surface area (Å²) < 4.78 is 5.98. The lowest BCUT2D eigenvalue weighted by Crippen LogP contribution is -2.64. The van der Waals surface area contributed by atoms with Gasteiger partial charge in [-0.2, -0.15) is 5.10 Å². The number of rotatable bonds is 5. The number of hydrogen-bond acceptors (Lipinski definition) is 3. The SMILES string of the molecule is CCOC1CC(NCc2cn[nH]c2)C12CCCCC2. The van der Waals surface area contributed by atoms with Crippen molar-refractivity contribution in [2.24, 2.45) is 5.41 Å². The van der Waals surface area contributed by atoms with Crippen molar-refractivity contribution in [3.8, 4) is 0 Å². The molecule has 0 radical (unpaired) electrons. The second kappa shape index (κ2) is 5.63. The van der Waals surface area contributed by atoms with E-state index in [1.54, 1.807) is 0 Å². The molecule has 0 saturated heterocycles. The van der Waals surface area contributed by atoms with Crippen molar-refractivity contribution in [1.29, 1.82) is 0 Å². The zero-order valence-electron chi connectivity index (χ0n) is 11.8. The van der Waals surface area contributed by atoms with Crippen LogP contribution in [0.2, 0.25) is 0 Å². The van der Waals surface area contributed by atoms with Gasteiger partial charge in [-0.25, -0.2) is 0 Å². The van der Waals surface area contributed by atoms with Gasteiger partial charge in [0.2, 0.25) is 0 Å². The van der Waals surface area contributed by atoms with Crippen LogP contribution in [-0.2, 0) is 11.3 Å². The summed E-state index contributed by atoms with van der Waals surface area (Å²) in [5.41, 5.74) is 1.66. The third-order valence-electron chi connectivity index (χ3n) is 5.04. The number of ether oxygens (including phenoxy) is 1. The van der Waals surface area contributed by atoms with Gasteiger partial charge in [-0.1, -0.05) is 19.3 Å². The second-order valence-electron chi connectivity index (χ2n) is 6.01. The third-order valence-corrected chi connectivity index (χ3v) is 5.04. The summed E-state index contributed by atoms with van der Waals surface area (Å²) in [5.74, 6) is 0. The van der Waals surface area contributed by atoms with Crippen LogP contribution in [0.1, 0.15) is 51.0 Å². The van der Waals surface area contributed by atoms with E-state index in [0.717, 1.165) is 13.2 Å². The Kier molecular flexibility index (Phi) is 3.89. The summed E-state index contributed by atoms with van der Waals surface area (Å²) in [6.07, 6.45) is 12.3. The Labute approximate surface area is 115 Å². The molecule has 2 unspecified atom stereocenters. The average Bonchev–Trinajstić information content (AvgIpc) is 2.96. The van der Waals surface area contributed by atoms with Gasteiger partial charge in [-0.3, -0.25) is 5.10 Å². The molecule has 2 aliphatic rings. The monoisotopic (exact) mass is 263 g/mol. The molecule has 1 aromatic heterocycles. The van der Waals surface area contributed by atoms with Gasteiger partial charge in [0, 0.05) is 36.4 Å². The van der Waals surface area contributed by atoms with Crippen molar-refractivity contribution in [2.75, 3.05) is 6.61 Å². The number of nitrogens with zero attached hydrogens (tertiary/aromatic N) is 1. The van der Waals surface area contributed by atoms with E-state index in [1.807, 2.05) is 12.4 Å². The quantitative estimate of drug-likeness (QED) is 0.858. The van der Waals surface area contributed by atoms with E-state index >= 15 is 0 Å². The normalized spacial score (nSPS) is 29.3. The van der Waals surface area contributed by atoms with Gasteiger partial charge in [-0.05, 0) is 26.2 Å². The molecule has 2 saturated carbocycles. The first-order chi connectivity index (χ1) is 9.35. The molecule has 0 aromatic carbocycles. The Bertz CT molecular complexity index is 384. The van der Waals surface area contributed by atoms with Crippen LogP contribution in [0.25, 0.3) is 0 Å². The maximum atomic E-state index is 5.98. The van der Waals surface area contributed by atoms with Crippen LogP contribution in [0, 0.1) is 5.41 Å². The van der Waals surface area contributed by atoms with E-state index in [2.05, 4.69) is 22.4 Å². The Morgan fingerprint density at radius 3 is 2.95 bits per heavy atom. The number of aromatic nitrogens is 2. The minimum absolute atomic E-state index is 0.415. The molecule has 1 aromatic rings. The molecular formula is C15H25N3O. The summed E-state index contributed by atoms with van der Waals surface area (Å²) >= 11 is 0. The van der Waals surface area contributed by atoms with E-state index in [9.17, 15) is 0 Å². The lowest BCUT2D eigenvalue weighted by molar-refractivity contribution is -0.150. The first kappa shape index (κ1) is 13.1. The lowest BCUT2D eigenvalue weighted by atomic mass is 9.55. The largest absolute Gasteiger partial charge is 0.378 e. The molecule has 1 spiro atoms. The molecule has 19 heavy (non-hydrogen) atoms. The van der Waals surface area contributed by atoms with E-state index in [0.29, 0.717) is 17.6 Å². The summed E-state index contributed by atoms with van der Waals surface area (Å²) in [6, 6.07) is 0.624. The fourth-order valence-electron chi connectivity index (χ4n) is 3.96. The van der Waals surface area contributed by atoms with Crippen molar-refractivity contribution in [1.82, 2.24) is 15.5 Å². The van der Waals surface area contributed by atoms with Gasteiger partial charge in [0.1, 0.15) is 0 Å². The predicted octanol–water partition coefficient (Wildman–Crippen LogP) is 2.63. The highest BCUT2D eigenvalue weighted by Gasteiger charge is 2.55. The van der Waals surface area contributed by atoms with Crippen molar-refractivity contribution in [3.05, 3.63) is 18.0 Å². The molecule has 0 bridgehead atoms. The van der Waals surface area contributed by atoms with Crippen molar-refractivity contribution >= 4 is 0 Å². The number of H-pyrrole nitrogens is 1. The van der Waals surface area contributed by atoms with Crippen LogP contribution in [-0.4, -0.2) is 29.0 Å². The molecule has 3 rings (SSSR count). The number of aromatic amines is 1. The molecule has 4 heteroatoms. The van der Waals surface area contributed by atoms with Crippen LogP contribution in [0.5, 0.6) is 0 Å². The fraction of sp³-hybridized carbons (Fsp3) is 0.800. The van der Waals surface area contributed by atoms with Crippen LogP contribution < -0.4 is 5.32 Å². The summed E-state index contributed by atoms with van der Waals surface area (Å²) in [6.45, 7) is 3.88. The average molecular weight is 263 g/mol. The highest BCUT2D eigenvalue weighted by atomic mass is 16.5. The van der Waals surface area contributed by atoms with Crippen LogP contribution in [0.15, 0.2) is 12.4 Å². The topological polar surface area (TPSA) is 49.9 Å². The molecular weight excluding hydrogens is 238 g/mol. The zero-order valence-corrected chi connectivity index (χ0v) is 11.8. The molecule has 2 N–H and O–H groups in total. The predicted molar refractivity (Wildman–Crippen MR) is 74.8 cm³/mol. The van der Waals surface area contributed by atoms with Crippen LogP contribution >= 0.6 is 0 Å². The lowest BCUT2D eigenvalue weighted by Gasteiger charge is -2.58. The van der Waals surface area contributed by atoms with Crippen LogP contribution in [0.3, 0.4) is 0 Å². The number of hydrogen-bond donors (Lipinski definition) is 2. The van der Waals surface area contributed by atoms with Crippen LogP contribution in [0.4, 0.5) is 0 Å². The fourth-order valence-corrected chi connectivity index (χ4v) is 3.96. The Balaban J connectivity index is 1.61. The molecule has 2 atom stereocenters. The summed E-state index contributed by atoms with van der Waals surface area (Å²) in [7, 11) is 0. The van der Waals surface area contributed by atoms with E-state index in [4.69, 9.17) is 4.74 Å².